The lowest BCUT2D eigenvalue weighted by Gasteiger charge is -2.14. The molecule has 0 aliphatic heterocycles. The Labute approximate surface area is 96.5 Å². The second-order valence-corrected chi connectivity index (χ2v) is 3.06. The van der Waals surface area contributed by atoms with Crippen molar-refractivity contribution in [3.63, 3.8) is 0 Å². The van der Waals surface area contributed by atoms with Gasteiger partial charge >= 0.3 is 5.97 Å². The molecule has 94 valence electrons. The van der Waals surface area contributed by atoms with Gasteiger partial charge in [0.15, 0.2) is 5.75 Å². The van der Waals surface area contributed by atoms with E-state index in [1.165, 1.54) is 7.11 Å². The first kappa shape index (κ1) is 13.3. The number of rotatable bonds is 4. The van der Waals surface area contributed by atoms with Gasteiger partial charge < -0.3 is 15.2 Å². The van der Waals surface area contributed by atoms with E-state index in [4.69, 9.17) is 10.5 Å². The number of pyridine rings is 1. The molecule has 0 radical (unpaired) electrons. The molecule has 0 aliphatic carbocycles. The van der Waals surface area contributed by atoms with Gasteiger partial charge in [-0.15, -0.1) is 0 Å². The fourth-order valence-corrected chi connectivity index (χ4v) is 1.39. The van der Waals surface area contributed by atoms with Gasteiger partial charge in [-0.3, -0.25) is 4.98 Å². The topological polar surface area (TPSA) is 74.4 Å². The van der Waals surface area contributed by atoms with Crippen molar-refractivity contribution in [2.75, 3.05) is 14.2 Å². The predicted octanol–water partition coefficient (Wildman–Crippen LogP) is 1.27. The number of methoxy groups -OCH3 is 2. The maximum atomic E-state index is 12.7. The third-order valence-corrected chi connectivity index (χ3v) is 2.16. The first-order chi connectivity index (χ1) is 8.06. The van der Waals surface area contributed by atoms with Gasteiger partial charge in [0.1, 0.15) is 5.56 Å². The zero-order chi connectivity index (χ0) is 13.0. The summed E-state index contributed by atoms with van der Waals surface area (Å²) in [6.07, 6.45) is -1.95. The Bertz CT molecular complexity index is 424. The summed E-state index contributed by atoms with van der Waals surface area (Å²) in [4.78, 5) is 15.2. The molecule has 1 aromatic rings. The summed E-state index contributed by atoms with van der Waals surface area (Å²) in [6.45, 7) is -0.0311. The molecule has 17 heavy (non-hydrogen) atoms. The van der Waals surface area contributed by atoms with Crippen LogP contribution in [0.1, 0.15) is 28.0 Å². The number of aromatic nitrogens is 1. The third-order valence-electron chi connectivity index (χ3n) is 2.16. The molecule has 1 heterocycles. The molecule has 0 aromatic carbocycles. The molecule has 0 saturated carbocycles. The van der Waals surface area contributed by atoms with E-state index < -0.39 is 18.0 Å². The zero-order valence-corrected chi connectivity index (χ0v) is 9.37. The number of carbonyl (C=O) groups excluding carboxylic acids is 1. The lowest BCUT2D eigenvalue weighted by atomic mass is 10.1. The van der Waals surface area contributed by atoms with Crippen molar-refractivity contribution < 1.29 is 23.0 Å². The predicted molar refractivity (Wildman–Crippen MR) is 55.0 cm³/mol. The van der Waals surface area contributed by atoms with Gasteiger partial charge in [-0.1, -0.05) is 0 Å². The van der Waals surface area contributed by atoms with Crippen molar-refractivity contribution in [2.45, 2.75) is 13.0 Å². The van der Waals surface area contributed by atoms with Gasteiger partial charge in [-0.25, -0.2) is 13.6 Å². The highest BCUT2D eigenvalue weighted by Gasteiger charge is 2.26. The third kappa shape index (κ3) is 2.50. The van der Waals surface area contributed by atoms with Crippen LogP contribution in [-0.4, -0.2) is 25.2 Å². The fraction of sp³-hybridized carbons (Fsp3) is 0.400. The number of ether oxygens (including phenoxy) is 2. The molecular formula is C10H12F2N2O3. The van der Waals surface area contributed by atoms with Crippen LogP contribution in [0.4, 0.5) is 8.78 Å². The lowest BCUT2D eigenvalue weighted by Crippen LogP contribution is -2.13. The molecule has 1 aromatic heterocycles. The SMILES string of the molecule is COC(=O)c1c(C(F)F)cnc(CN)c1OC. The minimum Gasteiger partial charge on any atom is -0.494 e. The van der Waals surface area contributed by atoms with Crippen molar-refractivity contribution in [1.29, 1.82) is 0 Å². The van der Waals surface area contributed by atoms with Gasteiger partial charge in [-0.05, 0) is 0 Å². The quantitative estimate of drug-likeness (QED) is 0.810. The monoisotopic (exact) mass is 246 g/mol. The Morgan fingerprint density at radius 1 is 1.53 bits per heavy atom. The van der Waals surface area contributed by atoms with Crippen LogP contribution < -0.4 is 10.5 Å². The molecule has 5 nitrogen and oxygen atoms in total. The minimum atomic E-state index is -2.85. The smallest absolute Gasteiger partial charge is 0.342 e. The van der Waals surface area contributed by atoms with E-state index in [0.29, 0.717) is 0 Å². The van der Waals surface area contributed by atoms with Crippen molar-refractivity contribution in [3.8, 4) is 5.75 Å². The van der Waals surface area contributed by atoms with E-state index in [1.807, 2.05) is 0 Å². The number of carbonyl (C=O) groups is 1. The van der Waals surface area contributed by atoms with E-state index in [1.54, 1.807) is 0 Å². The molecule has 7 heteroatoms. The van der Waals surface area contributed by atoms with Crippen LogP contribution in [0.15, 0.2) is 6.20 Å². The number of hydrogen-bond acceptors (Lipinski definition) is 5. The largest absolute Gasteiger partial charge is 0.494 e. The number of hydrogen-bond donors (Lipinski definition) is 1. The molecule has 0 aliphatic rings. The summed E-state index contributed by atoms with van der Waals surface area (Å²) >= 11 is 0. The number of alkyl halides is 2. The van der Waals surface area contributed by atoms with E-state index >= 15 is 0 Å². The Balaban J connectivity index is 3.50. The van der Waals surface area contributed by atoms with Gasteiger partial charge in [0.05, 0.1) is 25.5 Å². The van der Waals surface area contributed by atoms with Crippen LogP contribution in [0.3, 0.4) is 0 Å². The Hall–Kier alpha value is -1.76. The van der Waals surface area contributed by atoms with Crippen molar-refractivity contribution in [1.82, 2.24) is 4.98 Å². The molecule has 0 spiro atoms. The zero-order valence-electron chi connectivity index (χ0n) is 9.37. The summed E-state index contributed by atoms with van der Waals surface area (Å²) in [5, 5.41) is 0. The van der Waals surface area contributed by atoms with Gasteiger partial charge in [0.25, 0.3) is 6.43 Å². The Morgan fingerprint density at radius 3 is 2.59 bits per heavy atom. The van der Waals surface area contributed by atoms with Crippen molar-refractivity contribution in [2.24, 2.45) is 5.73 Å². The standard InChI is InChI=1S/C10H12F2N2O3/c1-16-8-6(3-13)14-4-5(9(11)12)7(8)10(15)17-2/h4,9H,3,13H2,1-2H3. The second kappa shape index (κ2) is 5.53. The fourth-order valence-electron chi connectivity index (χ4n) is 1.39. The summed E-state index contributed by atoms with van der Waals surface area (Å²) in [7, 11) is 2.34. The van der Waals surface area contributed by atoms with Crippen molar-refractivity contribution >= 4 is 5.97 Å². The molecule has 1 rings (SSSR count). The van der Waals surface area contributed by atoms with Crippen LogP contribution in [-0.2, 0) is 11.3 Å². The maximum Gasteiger partial charge on any atom is 0.342 e. The van der Waals surface area contributed by atoms with Crippen LogP contribution in [0, 0.1) is 0 Å². The first-order valence-corrected chi connectivity index (χ1v) is 4.69. The highest BCUT2D eigenvalue weighted by atomic mass is 19.3. The average molecular weight is 246 g/mol. The normalized spacial score (nSPS) is 10.5. The van der Waals surface area contributed by atoms with Crippen LogP contribution in [0.5, 0.6) is 5.75 Å². The summed E-state index contributed by atoms with van der Waals surface area (Å²) in [5.41, 5.74) is 4.73. The highest BCUT2D eigenvalue weighted by molar-refractivity contribution is 5.94. The first-order valence-electron chi connectivity index (χ1n) is 4.69. The summed E-state index contributed by atoms with van der Waals surface area (Å²) < 4.78 is 34.8. The minimum absolute atomic E-state index is 0.0311. The van der Waals surface area contributed by atoms with Crippen molar-refractivity contribution in [3.05, 3.63) is 23.0 Å². The summed E-state index contributed by atoms with van der Waals surface area (Å²) in [5.74, 6) is -0.980. The molecule has 0 amide bonds. The van der Waals surface area contributed by atoms with E-state index in [0.717, 1.165) is 13.3 Å². The Kier molecular flexibility index (Phi) is 4.33. The van der Waals surface area contributed by atoms with Gasteiger partial charge in [-0.2, -0.15) is 0 Å². The molecule has 2 N–H and O–H groups in total. The number of esters is 1. The number of nitrogens with two attached hydrogens (primary N) is 1. The lowest BCUT2D eigenvalue weighted by molar-refractivity contribution is 0.0584. The molecule has 0 fully saturated rings. The van der Waals surface area contributed by atoms with Crippen LogP contribution >= 0.6 is 0 Å². The average Bonchev–Trinajstić information content (AvgIpc) is 2.35. The van der Waals surface area contributed by atoms with E-state index in [2.05, 4.69) is 9.72 Å². The van der Waals surface area contributed by atoms with E-state index in [-0.39, 0.29) is 23.6 Å². The molecule has 0 atom stereocenters. The number of halogens is 2. The van der Waals surface area contributed by atoms with Crippen LogP contribution in [0.25, 0.3) is 0 Å². The van der Waals surface area contributed by atoms with E-state index in [9.17, 15) is 13.6 Å². The highest BCUT2D eigenvalue weighted by Crippen LogP contribution is 2.31. The van der Waals surface area contributed by atoms with Crippen LogP contribution in [0.2, 0.25) is 0 Å². The Morgan fingerprint density at radius 2 is 2.18 bits per heavy atom. The number of nitrogens with zero attached hydrogens (tertiary/aromatic N) is 1. The molecule has 0 saturated heterocycles. The maximum absolute atomic E-state index is 12.7. The van der Waals surface area contributed by atoms with Gasteiger partial charge in [0, 0.05) is 12.7 Å². The molecule has 0 bridgehead atoms. The molecular weight excluding hydrogens is 234 g/mol. The summed E-state index contributed by atoms with van der Waals surface area (Å²) in [6, 6.07) is 0. The van der Waals surface area contributed by atoms with Gasteiger partial charge in [0.2, 0.25) is 0 Å². The second-order valence-electron chi connectivity index (χ2n) is 3.06. The molecule has 0 unspecified atom stereocenters.